The van der Waals surface area contributed by atoms with E-state index in [4.69, 9.17) is 0 Å². The van der Waals surface area contributed by atoms with Crippen LogP contribution in [-0.2, 0) is 4.79 Å². The van der Waals surface area contributed by atoms with Crippen molar-refractivity contribution in [3.8, 4) is 0 Å². The lowest BCUT2D eigenvalue weighted by Crippen LogP contribution is -2.59. The van der Waals surface area contributed by atoms with Crippen molar-refractivity contribution in [2.45, 2.75) is 45.2 Å². The molecule has 1 unspecified atom stereocenters. The summed E-state index contributed by atoms with van der Waals surface area (Å²) in [5.41, 5.74) is 0.371. The average Bonchev–Trinajstić information content (AvgIpc) is 2.26. The third-order valence-corrected chi connectivity index (χ3v) is 3.81. The van der Waals surface area contributed by atoms with Crippen LogP contribution in [0.4, 0.5) is 0 Å². The van der Waals surface area contributed by atoms with Crippen molar-refractivity contribution < 1.29 is 14.7 Å². The van der Waals surface area contributed by atoms with E-state index in [-0.39, 0.29) is 11.9 Å². The molecular weight excluding hydrogens is 242 g/mol. The maximum absolute atomic E-state index is 12.6. The van der Waals surface area contributed by atoms with Crippen LogP contribution in [0.15, 0.2) is 24.3 Å². The topological polar surface area (TPSA) is 57.6 Å². The molecule has 4 heteroatoms. The summed E-state index contributed by atoms with van der Waals surface area (Å²) in [6, 6.07) is 6.96. The summed E-state index contributed by atoms with van der Waals surface area (Å²) in [5.74, 6) is -1.69. The standard InChI is InChI=1S/C15H19NO3/c1-9(2)16-13(17)11-8-6-5-7-10(11)12(14(18)19)15(16,3)4/h5-9,12H,1-4H3,(H,18,19). The maximum atomic E-state index is 12.6. The number of carboxylic acid groups (broad SMARTS) is 1. The molecule has 0 saturated carbocycles. The van der Waals surface area contributed by atoms with Crippen LogP contribution < -0.4 is 0 Å². The molecule has 1 N–H and O–H groups in total. The van der Waals surface area contributed by atoms with Gasteiger partial charge in [0.15, 0.2) is 0 Å². The van der Waals surface area contributed by atoms with E-state index in [1.807, 2.05) is 27.7 Å². The number of fused-ring (bicyclic) bond motifs is 1. The molecule has 1 amide bonds. The van der Waals surface area contributed by atoms with Crippen LogP contribution in [0, 0.1) is 0 Å². The number of carboxylic acids is 1. The predicted molar refractivity (Wildman–Crippen MR) is 72.2 cm³/mol. The number of nitrogens with zero attached hydrogens (tertiary/aromatic N) is 1. The minimum atomic E-state index is -0.893. The SMILES string of the molecule is CC(C)N1C(=O)c2ccccc2C(C(=O)O)C1(C)C. The molecule has 19 heavy (non-hydrogen) atoms. The van der Waals surface area contributed by atoms with Crippen molar-refractivity contribution in [3.63, 3.8) is 0 Å². The normalized spacial score (nSPS) is 21.4. The molecule has 1 aliphatic heterocycles. The van der Waals surface area contributed by atoms with Gasteiger partial charge in [0.05, 0.1) is 5.54 Å². The van der Waals surface area contributed by atoms with Gasteiger partial charge >= 0.3 is 5.97 Å². The Balaban J connectivity index is 2.70. The summed E-state index contributed by atoms with van der Waals surface area (Å²) >= 11 is 0. The molecular formula is C15H19NO3. The van der Waals surface area contributed by atoms with Crippen LogP contribution >= 0.6 is 0 Å². The fourth-order valence-electron chi connectivity index (χ4n) is 3.19. The molecule has 1 aliphatic rings. The van der Waals surface area contributed by atoms with E-state index in [0.29, 0.717) is 11.1 Å². The van der Waals surface area contributed by atoms with Crippen LogP contribution in [0.2, 0.25) is 0 Å². The monoisotopic (exact) mass is 261 g/mol. The van der Waals surface area contributed by atoms with Crippen molar-refractivity contribution in [2.75, 3.05) is 0 Å². The van der Waals surface area contributed by atoms with Gasteiger partial charge in [-0.25, -0.2) is 0 Å². The average molecular weight is 261 g/mol. The van der Waals surface area contributed by atoms with E-state index < -0.39 is 17.4 Å². The second-order valence-electron chi connectivity index (χ2n) is 5.78. The van der Waals surface area contributed by atoms with Crippen molar-refractivity contribution in [1.29, 1.82) is 0 Å². The highest BCUT2D eigenvalue weighted by Crippen LogP contribution is 2.41. The minimum absolute atomic E-state index is 0.0438. The van der Waals surface area contributed by atoms with Gasteiger partial charge in [0, 0.05) is 11.6 Å². The lowest BCUT2D eigenvalue weighted by Gasteiger charge is -2.48. The molecule has 0 aliphatic carbocycles. The molecule has 0 saturated heterocycles. The fraction of sp³-hybridized carbons (Fsp3) is 0.467. The number of hydrogen-bond acceptors (Lipinski definition) is 2. The predicted octanol–water partition coefficient (Wildman–Crippen LogP) is 2.50. The summed E-state index contributed by atoms with van der Waals surface area (Å²) in [4.78, 5) is 25.9. The summed E-state index contributed by atoms with van der Waals surface area (Å²) in [5, 5.41) is 9.57. The molecule has 102 valence electrons. The molecule has 0 fully saturated rings. The van der Waals surface area contributed by atoms with Gasteiger partial charge in [-0.3, -0.25) is 9.59 Å². The Labute approximate surface area is 113 Å². The van der Waals surface area contributed by atoms with Crippen molar-refractivity contribution in [3.05, 3.63) is 35.4 Å². The van der Waals surface area contributed by atoms with Crippen molar-refractivity contribution in [2.24, 2.45) is 0 Å². The number of carbonyl (C=O) groups excluding carboxylic acids is 1. The van der Waals surface area contributed by atoms with Gasteiger partial charge in [0.2, 0.25) is 0 Å². The van der Waals surface area contributed by atoms with E-state index in [0.717, 1.165) is 0 Å². The van der Waals surface area contributed by atoms with E-state index in [1.165, 1.54) is 0 Å². The number of aliphatic carboxylic acids is 1. The maximum Gasteiger partial charge on any atom is 0.313 e. The van der Waals surface area contributed by atoms with Gasteiger partial charge in [-0.1, -0.05) is 18.2 Å². The van der Waals surface area contributed by atoms with E-state index in [2.05, 4.69) is 0 Å². The lowest BCUT2D eigenvalue weighted by molar-refractivity contribution is -0.142. The number of hydrogen-bond donors (Lipinski definition) is 1. The first kappa shape index (κ1) is 13.6. The number of rotatable bonds is 2. The zero-order valence-corrected chi connectivity index (χ0v) is 11.7. The largest absolute Gasteiger partial charge is 0.481 e. The van der Waals surface area contributed by atoms with Crippen molar-refractivity contribution >= 4 is 11.9 Å². The van der Waals surface area contributed by atoms with Crippen LogP contribution in [0.1, 0.15) is 49.5 Å². The number of amides is 1. The second kappa shape index (κ2) is 4.37. The van der Waals surface area contributed by atoms with Gasteiger partial charge in [-0.15, -0.1) is 0 Å². The van der Waals surface area contributed by atoms with Gasteiger partial charge in [-0.05, 0) is 39.3 Å². The van der Waals surface area contributed by atoms with Gasteiger partial charge < -0.3 is 10.0 Å². The Kier molecular flexibility index (Phi) is 3.12. The zero-order valence-electron chi connectivity index (χ0n) is 11.7. The summed E-state index contributed by atoms with van der Waals surface area (Å²) < 4.78 is 0. The summed E-state index contributed by atoms with van der Waals surface area (Å²) in [7, 11) is 0. The van der Waals surface area contributed by atoms with Gasteiger partial charge in [0.1, 0.15) is 5.92 Å². The molecule has 2 rings (SSSR count). The van der Waals surface area contributed by atoms with Gasteiger partial charge in [-0.2, -0.15) is 0 Å². The third-order valence-electron chi connectivity index (χ3n) is 3.81. The van der Waals surface area contributed by atoms with E-state index in [1.54, 1.807) is 29.2 Å². The molecule has 0 aromatic heterocycles. The highest BCUT2D eigenvalue weighted by atomic mass is 16.4. The molecule has 1 heterocycles. The smallest absolute Gasteiger partial charge is 0.313 e. The van der Waals surface area contributed by atoms with Crippen LogP contribution in [0.25, 0.3) is 0 Å². The first-order valence-corrected chi connectivity index (χ1v) is 6.44. The minimum Gasteiger partial charge on any atom is -0.481 e. The summed E-state index contributed by atoms with van der Waals surface area (Å²) in [6.45, 7) is 7.46. The van der Waals surface area contributed by atoms with E-state index in [9.17, 15) is 14.7 Å². The van der Waals surface area contributed by atoms with Crippen LogP contribution in [-0.4, -0.2) is 33.5 Å². The Bertz CT molecular complexity index is 534. The quantitative estimate of drug-likeness (QED) is 0.889. The molecule has 0 bridgehead atoms. The zero-order chi connectivity index (χ0) is 14.4. The third kappa shape index (κ3) is 1.91. The molecule has 0 spiro atoms. The van der Waals surface area contributed by atoms with Gasteiger partial charge in [0.25, 0.3) is 5.91 Å². The van der Waals surface area contributed by atoms with Crippen LogP contribution in [0.3, 0.4) is 0 Å². The molecule has 1 aromatic rings. The Morgan fingerprint density at radius 3 is 2.42 bits per heavy atom. The number of benzene rings is 1. The highest BCUT2D eigenvalue weighted by molar-refractivity contribution is 6.01. The van der Waals surface area contributed by atoms with Crippen molar-refractivity contribution in [1.82, 2.24) is 4.90 Å². The Morgan fingerprint density at radius 1 is 1.32 bits per heavy atom. The molecule has 0 radical (unpaired) electrons. The summed E-state index contributed by atoms with van der Waals surface area (Å²) in [6.07, 6.45) is 0. The first-order chi connectivity index (χ1) is 8.78. The highest BCUT2D eigenvalue weighted by Gasteiger charge is 2.49. The lowest BCUT2D eigenvalue weighted by atomic mass is 9.74. The first-order valence-electron chi connectivity index (χ1n) is 6.44. The second-order valence-corrected chi connectivity index (χ2v) is 5.78. The fourth-order valence-corrected chi connectivity index (χ4v) is 3.19. The Morgan fingerprint density at radius 2 is 1.89 bits per heavy atom. The number of carbonyl (C=O) groups is 2. The van der Waals surface area contributed by atoms with E-state index >= 15 is 0 Å². The molecule has 4 nitrogen and oxygen atoms in total. The molecule has 1 aromatic carbocycles. The Hall–Kier alpha value is -1.84. The van der Waals surface area contributed by atoms with Crippen LogP contribution in [0.5, 0.6) is 0 Å². The molecule has 1 atom stereocenters.